The van der Waals surface area contributed by atoms with Gasteiger partial charge in [0.25, 0.3) is 0 Å². The molecule has 0 unspecified atom stereocenters. The molecule has 0 bridgehead atoms. The molecular formula is C11H15N5O. The molecule has 0 aliphatic heterocycles. The Morgan fingerprint density at radius 3 is 2.82 bits per heavy atom. The molecule has 90 valence electrons. The largest absolute Gasteiger partial charge is 0.497 e. The van der Waals surface area contributed by atoms with Crippen LogP contribution in [0.15, 0.2) is 18.3 Å². The molecule has 0 spiro atoms. The first-order valence-corrected chi connectivity index (χ1v) is 5.32. The highest BCUT2D eigenvalue weighted by Crippen LogP contribution is 2.13. The monoisotopic (exact) mass is 233 g/mol. The van der Waals surface area contributed by atoms with Crippen LogP contribution in [0.1, 0.15) is 17.1 Å². The minimum Gasteiger partial charge on any atom is -0.497 e. The first-order valence-electron chi connectivity index (χ1n) is 5.32. The van der Waals surface area contributed by atoms with Crippen LogP contribution in [-0.2, 0) is 13.1 Å². The van der Waals surface area contributed by atoms with E-state index in [1.54, 1.807) is 11.8 Å². The lowest BCUT2D eigenvalue weighted by Gasteiger charge is -2.05. The van der Waals surface area contributed by atoms with Gasteiger partial charge in [0, 0.05) is 24.4 Å². The number of ether oxygens (including phenoxy) is 1. The second kappa shape index (κ2) is 4.92. The van der Waals surface area contributed by atoms with Crippen LogP contribution in [-0.4, -0.2) is 27.1 Å². The summed E-state index contributed by atoms with van der Waals surface area (Å²) in [7, 11) is 1.64. The smallest absolute Gasteiger partial charge is 0.122 e. The average molecular weight is 233 g/mol. The Morgan fingerprint density at radius 2 is 2.18 bits per heavy atom. The van der Waals surface area contributed by atoms with E-state index in [2.05, 4.69) is 15.3 Å². The summed E-state index contributed by atoms with van der Waals surface area (Å²) in [6.45, 7) is 2.88. The number of rotatable bonds is 4. The molecule has 2 heterocycles. The van der Waals surface area contributed by atoms with Gasteiger partial charge in [-0.25, -0.2) is 4.68 Å². The standard InChI is InChI=1S/C11H15N5O/c1-8-3-11(17-2)4-9(13-8)6-16-7-10(5-12)14-15-16/h3-4,7H,5-6,12H2,1-2H3. The van der Waals surface area contributed by atoms with Crippen LogP contribution in [0.25, 0.3) is 0 Å². The van der Waals surface area contributed by atoms with Crippen LogP contribution in [0.3, 0.4) is 0 Å². The van der Waals surface area contributed by atoms with Crippen molar-refractivity contribution >= 4 is 0 Å². The van der Waals surface area contributed by atoms with Crippen LogP contribution in [0.2, 0.25) is 0 Å². The summed E-state index contributed by atoms with van der Waals surface area (Å²) in [6, 6.07) is 3.77. The van der Waals surface area contributed by atoms with Crippen molar-refractivity contribution in [3.8, 4) is 5.75 Å². The maximum Gasteiger partial charge on any atom is 0.122 e. The van der Waals surface area contributed by atoms with Crippen LogP contribution >= 0.6 is 0 Å². The van der Waals surface area contributed by atoms with Crippen molar-refractivity contribution in [1.29, 1.82) is 0 Å². The molecule has 0 aliphatic rings. The SMILES string of the molecule is COc1cc(C)nc(Cn2cc(CN)nn2)c1. The summed E-state index contributed by atoms with van der Waals surface area (Å²) in [4.78, 5) is 4.41. The van der Waals surface area contributed by atoms with Gasteiger partial charge in [-0.3, -0.25) is 4.98 Å². The zero-order valence-corrected chi connectivity index (χ0v) is 9.92. The third kappa shape index (κ3) is 2.79. The molecule has 0 atom stereocenters. The van der Waals surface area contributed by atoms with Gasteiger partial charge in [0.1, 0.15) is 5.75 Å². The molecule has 0 fully saturated rings. The van der Waals surface area contributed by atoms with Gasteiger partial charge in [0.05, 0.1) is 31.2 Å². The van der Waals surface area contributed by atoms with Crippen molar-refractivity contribution in [3.05, 3.63) is 35.4 Å². The maximum atomic E-state index is 5.47. The van der Waals surface area contributed by atoms with E-state index >= 15 is 0 Å². The Hall–Kier alpha value is -1.95. The van der Waals surface area contributed by atoms with Gasteiger partial charge in [-0.05, 0) is 6.92 Å². The topological polar surface area (TPSA) is 78.9 Å². The zero-order valence-electron chi connectivity index (χ0n) is 9.92. The molecule has 17 heavy (non-hydrogen) atoms. The van der Waals surface area contributed by atoms with E-state index in [1.165, 1.54) is 0 Å². The fourth-order valence-corrected chi connectivity index (χ4v) is 1.58. The normalized spacial score (nSPS) is 10.5. The molecule has 6 heteroatoms. The number of aryl methyl sites for hydroxylation is 1. The van der Waals surface area contributed by atoms with Crippen molar-refractivity contribution < 1.29 is 4.74 Å². The lowest BCUT2D eigenvalue weighted by molar-refractivity contribution is 0.412. The van der Waals surface area contributed by atoms with Gasteiger partial charge in [-0.15, -0.1) is 5.10 Å². The number of hydrogen-bond donors (Lipinski definition) is 1. The van der Waals surface area contributed by atoms with Crippen LogP contribution in [0.4, 0.5) is 0 Å². The van der Waals surface area contributed by atoms with Gasteiger partial charge in [-0.2, -0.15) is 0 Å². The molecule has 0 amide bonds. The Balaban J connectivity index is 2.20. The summed E-state index contributed by atoms with van der Waals surface area (Å²) in [5, 5.41) is 7.90. The third-order valence-corrected chi connectivity index (χ3v) is 2.33. The highest BCUT2D eigenvalue weighted by atomic mass is 16.5. The van der Waals surface area contributed by atoms with E-state index in [1.807, 2.05) is 25.3 Å². The lowest BCUT2D eigenvalue weighted by Crippen LogP contribution is -2.04. The Morgan fingerprint density at radius 1 is 1.35 bits per heavy atom. The minimum atomic E-state index is 0.393. The Bertz CT molecular complexity index is 508. The van der Waals surface area contributed by atoms with Crippen molar-refractivity contribution in [3.63, 3.8) is 0 Å². The Labute approximate surface area is 99.4 Å². The molecule has 2 N–H and O–H groups in total. The second-order valence-electron chi connectivity index (χ2n) is 3.75. The highest BCUT2D eigenvalue weighted by molar-refractivity contribution is 5.26. The molecule has 0 radical (unpaired) electrons. The van der Waals surface area contributed by atoms with Crippen LogP contribution in [0, 0.1) is 6.92 Å². The van der Waals surface area contributed by atoms with Crippen molar-refractivity contribution in [1.82, 2.24) is 20.0 Å². The van der Waals surface area contributed by atoms with E-state index in [4.69, 9.17) is 10.5 Å². The van der Waals surface area contributed by atoms with Crippen molar-refractivity contribution in [2.24, 2.45) is 5.73 Å². The summed E-state index contributed by atoms with van der Waals surface area (Å²) in [5.74, 6) is 0.798. The van der Waals surface area contributed by atoms with Gasteiger partial charge < -0.3 is 10.5 Å². The summed E-state index contributed by atoms with van der Waals surface area (Å²) < 4.78 is 6.91. The molecule has 0 aromatic carbocycles. The highest BCUT2D eigenvalue weighted by Gasteiger charge is 2.04. The quantitative estimate of drug-likeness (QED) is 0.831. The predicted octanol–water partition coefficient (Wildman–Crippen LogP) is 0.497. The molecule has 2 aromatic rings. The van der Waals surface area contributed by atoms with Crippen molar-refractivity contribution in [2.45, 2.75) is 20.0 Å². The van der Waals surface area contributed by atoms with Gasteiger partial charge in [0.2, 0.25) is 0 Å². The number of nitrogens with two attached hydrogens (primary N) is 1. The number of hydrogen-bond acceptors (Lipinski definition) is 5. The summed E-state index contributed by atoms with van der Waals surface area (Å²) in [5.41, 5.74) is 8.04. The van der Waals surface area contributed by atoms with Gasteiger partial charge in [-0.1, -0.05) is 5.21 Å². The fraction of sp³-hybridized carbons (Fsp3) is 0.364. The first kappa shape index (κ1) is 11.5. The van der Waals surface area contributed by atoms with Crippen molar-refractivity contribution in [2.75, 3.05) is 7.11 Å². The molecule has 6 nitrogen and oxygen atoms in total. The summed E-state index contributed by atoms with van der Waals surface area (Å²) in [6.07, 6.45) is 1.82. The first-order chi connectivity index (χ1) is 8.21. The third-order valence-electron chi connectivity index (χ3n) is 2.33. The Kier molecular flexibility index (Phi) is 3.34. The minimum absolute atomic E-state index is 0.393. The van der Waals surface area contributed by atoms with E-state index < -0.39 is 0 Å². The summed E-state index contributed by atoms with van der Waals surface area (Å²) >= 11 is 0. The molecule has 2 aromatic heterocycles. The molecule has 2 rings (SSSR count). The van der Waals surface area contributed by atoms with Crippen LogP contribution < -0.4 is 10.5 Å². The molecule has 0 saturated carbocycles. The average Bonchev–Trinajstić information content (AvgIpc) is 2.76. The molecular weight excluding hydrogens is 218 g/mol. The number of methoxy groups -OCH3 is 1. The van der Waals surface area contributed by atoms with Gasteiger partial charge >= 0.3 is 0 Å². The molecule has 0 aliphatic carbocycles. The zero-order chi connectivity index (χ0) is 12.3. The van der Waals surface area contributed by atoms with Gasteiger partial charge in [0.15, 0.2) is 0 Å². The predicted molar refractivity (Wildman–Crippen MR) is 62.5 cm³/mol. The number of nitrogens with zero attached hydrogens (tertiary/aromatic N) is 4. The number of pyridine rings is 1. The fourth-order valence-electron chi connectivity index (χ4n) is 1.58. The van der Waals surface area contributed by atoms with Crippen LogP contribution in [0.5, 0.6) is 5.75 Å². The molecule has 0 saturated heterocycles. The maximum absolute atomic E-state index is 5.47. The lowest BCUT2D eigenvalue weighted by atomic mass is 10.3. The van der Waals surface area contributed by atoms with E-state index in [9.17, 15) is 0 Å². The second-order valence-corrected chi connectivity index (χ2v) is 3.75. The number of aromatic nitrogens is 4. The van der Waals surface area contributed by atoms with E-state index in [0.29, 0.717) is 13.1 Å². The van der Waals surface area contributed by atoms with E-state index in [0.717, 1.165) is 22.8 Å². The van der Waals surface area contributed by atoms with E-state index in [-0.39, 0.29) is 0 Å².